The molecule has 0 atom stereocenters. The van der Waals surface area contributed by atoms with Crippen molar-refractivity contribution in [3.63, 3.8) is 0 Å². The molecule has 0 bridgehead atoms. The highest BCUT2D eigenvalue weighted by Crippen LogP contribution is 2.21. The SMILES string of the molecule is CCc1ccc(OCc2ccc(OC)c(C(N)=S)c2)cc1. The minimum atomic E-state index is 0.320. The minimum Gasteiger partial charge on any atom is -0.496 e. The van der Waals surface area contributed by atoms with Gasteiger partial charge in [-0.3, -0.25) is 0 Å². The lowest BCUT2D eigenvalue weighted by atomic mass is 10.1. The van der Waals surface area contributed by atoms with E-state index in [-0.39, 0.29) is 0 Å². The monoisotopic (exact) mass is 301 g/mol. The molecule has 2 rings (SSSR count). The summed E-state index contributed by atoms with van der Waals surface area (Å²) < 4.78 is 11.0. The molecule has 0 unspecified atom stereocenters. The van der Waals surface area contributed by atoms with E-state index < -0.39 is 0 Å². The zero-order valence-corrected chi connectivity index (χ0v) is 13.1. The molecular weight excluding hydrogens is 282 g/mol. The molecular formula is C17H19NO2S. The standard InChI is InChI=1S/C17H19NO2S/c1-3-12-4-7-14(8-5-12)20-11-13-6-9-16(19-2)15(10-13)17(18)21/h4-10H,3,11H2,1-2H3,(H2,18,21). The van der Waals surface area contributed by atoms with E-state index in [9.17, 15) is 0 Å². The van der Waals surface area contributed by atoms with Crippen molar-refractivity contribution < 1.29 is 9.47 Å². The first-order chi connectivity index (χ1) is 10.1. The van der Waals surface area contributed by atoms with Crippen LogP contribution in [0.4, 0.5) is 0 Å². The summed E-state index contributed by atoms with van der Waals surface area (Å²) in [6, 6.07) is 13.8. The van der Waals surface area contributed by atoms with Crippen LogP contribution in [0, 0.1) is 0 Å². The second-order valence-corrected chi connectivity index (χ2v) is 5.12. The van der Waals surface area contributed by atoms with E-state index >= 15 is 0 Å². The van der Waals surface area contributed by atoms with Crippen molar-refractivity contribution in [1.29, 1.82) is 0 Å². The summed E-state index contributed by atoms with van der Waals surface area (Å²) in [5.41, 5.74) is 8.73. The summed E-state index contributed by atoms with van der Waals surface area (Å²) in [7, 11) is 1.60. The zero-order valence-electron chi connectivity index (χ0n) is 12.3. The van der Waals surface area contributed by atoms with Gasteiger partial charge in [-0.15, -0.1) is 0 Å². The first-order valence-electron chi connectivity index (χ1n) is 6.82. The Morgan fingerprint density at radius 3 is 2.33 bits per heavy atom. The Bertz CT molecular complexity index is 623. The van der Waals surface area contributed by atoms with Crippen molar-refractivity contribution in [3.8, 4) is 11.5 Å². The van der Waals surface area contributed by atoms with E-state index in [0.717, 1.165) is 23.3 Å². The maximum absolute atomic E-state index is 5.77. The fourth-order valence-electron chi connectivity index (χ4n) is 2.03. The number of ether oxygens (including phenoxy) is 2. The van der Waals surface area contributed by atoms with E-state index in [4.69, 9.17) is 27.4 Å². The van der Waals surface area contributed by atoms with Crippen molar-refractivity contribution in [2.45, 2.75) is 20.0 Å². The third-order valence-corrected chi connectivity index (χ3v) is 3.49. The maximum Gasteiger partial charge on any atom is 0.129 e. The Kier molecular flexibility index (Phi) is 5.17. The van der Waals surface area contributed by atoms with Gasteiger partial charge >= 0.3 is 0 Å². The van der Waals surface area contributed by atoms with Crippen LogP contribution in [0.2, 0.25) is 0 Å². The van der Waals surface area contributed by atoms with Gasteiger partial charge < -0.3 is 15.2 Å². The Labute approximate surface area is 130 Å². The lowest BCUT2D eigenvalue weighted by molar-refractivity contribution is 0.306. The number of methoxy groups -OCH3 is 1. The van der Waals surface area contributed by atoms with Crippen LogP contribution in [0.15, 0.2) is 42.5 Å². The lowest BCUT2D eigenvalue weighted by Gasteiger charge is -2.11. The molecule has 0 radical (unpaired) electrons. The maximum atomic E-state index is 5.77. The molecule has 0 spiro atoms. The van der Waals surface area contributed by atoms with Crippen LogP contribution in [0.3, 0.4) is 0 Å². The van der Waals surface area contributed by atoms with Gasteiger partial charge in [0, 0.05) is 0 Å². The predicted molar refractivity (Wildman–Crippen MR) is 89.0 cm³/mol. The van der Waals surface area contributed by atoms with Gasteiger partial charge in [-0.2, -0.15) is 0 Å². The number of hydrogen-bond donors (Lipinski definition) is 1. The van der Waals surface area contributed by atoms with Crippen molar-refractivity contribution in [2.75, 3.05) is 7.11 Å². The topological polar surface area (TPSA) is 44.5 Å². The van der Waals surface area contributed by atoms with Crippen LogP contribution in [-0.2, 0) is 13.0 Å². The third kappa shape index (κ3) is 3.95. The Balaban J connectivity index is 2.08. The molecule has 0 amide bonds. The zero-order chi connectivity index (χ0) is 15.2. The van der Waals surface area contributed by atoms with Crippen LogP contribution >= 0.6 is 12.2 Å². The molecule has 0 aromatic heterocycles. The van der Waals surface area contributed by atoms with Crippen LogP contribution in [0.5, 0.6) is 11.5 Å². The highest BCUT2D eigenvalue weighted by Gasteiger charge is 2.07. The number of nitrogens with two attached hydrogens (primary N) is 1. The average Bonchev–Trinajstić information content (AvgIpc) is 2.53. The highest BCUT2D eigenvalue weighted by molar-refractivity contribution is 7.80. The summed E-state index contributed by atoms with van der Waals surface area (Å²) >= 11 is 5.04. The molecule has 0 aliphatic carbocycles. The second-order valence-electron chi connectivity index (χ2n) is 4.69. The van der Waals surface area contributed by atoms with Crippen LogP contribution < -0.4 is 15.2 Å². The smallest absolute Gasteiger partial charge is 0.129 e. The first-order valence-corrected chi connectivity index (χ1v) is 7.23. The summed E-state index contributed by atoms with van der Waals surface area (Å²) in [6.07, 6.45) is 1.02. The largest absolute Gasteiger partial charge is 0.496 e. The van der Waals surface area contributed by atoms with Gasteiger partial charge in [0.1, 0.15) is 23.1 Å². The van der Waals surface area contributed by atoms with Crippen molar-refractivity contribution in [1.82, 2.24) is 0 Å². The van der Waals surface area contributed by atoms with Crippen molar-refractivity contribution >= 4 is 17.2 Å². The van der Waals surface area contributed by atoms with Gasteiger partial charge in [0.15, 0.2) is 0 Å². The minimum absolute atomic E-state index is 0.320. The number of benzene rings is 2. The molecule has 0 fully saturated rings. The molecule has 0 aliphatic heterocycles. The quantitative estimate of drug-likeness (QED) is 0.830. The van der Waals surface area contributed by atoms with Gasteiger partial charge in [-0.25, -0.2) is 0 Å². The fourth-order valence-corrected chi connectivity index (χ4v) is 2.19. The summed E-state index contributed by atoms with van der Waals surface area (Å²) in [5, 5.41) is 0. The van der Waals surface area contributed by atoms with E-state index in [0.29, 0.717) is 17.3 Å². The summed E-state index contributed by atoms with van der Waals surface area (Å²) in [6.45, 7) is 2.59. The molecule has 110 valence electrons. The molecule has 0 aliphatic rings. The number of rotatable bonds is 6. The predicted octanol–water partition coefficient (Wildman–Crippen LogP) is 3.47. The molecule has 21 heavy (non-hydrogen) atoms. The van der Waals surface area contributed by atoms with E-state index in [1.54, 1.807) is 7.11 Å². The van der Waals surface area contributed by atoms with Crippen LogP contribution in [0.25, 0.3) is 0 Å². The summed E-state index contributed by atoms with van der Waals surface area (Å²) in [4.78, 5) is 0.320. The molecule has 2 aromatic rings. The van der Waals surface area contributed by atoms with Gasteiger partial charge in [-0.05, 0) is 41.8 Å². The second kappa shape index (κ2) is 7.09. The van der Waals surface area contributed by atoms with E-state index in [2.05, 4.69) is 19.1 Å². The first kappa shape index (κ1) is 15.3. The number of aryl methyl sites for hydroxylation is 1. The highest BCUT2D eigenvalue weighted by atomic mass is 32.1. The lowest BCUT2D eigenvalue weighted by Crippen LogP contribution is -2.12. The van der Waals surface area contributed by atoms with Crippen LogP contribution in [-0.4, -0.2) is 12.1 Å². The van der Waals surface area contributed by atoms with Gasteiger partial charge in [-0.1, -0.05) is 37.3 Å². The van der Waals surface area contributed by atoms with Crippen LogP contribution in [0.1, 0.15) is 23.6 Å². The van der Waals surface area contributed by atoms with E-state index in [1.165, 1.54) is 5.56 Å². The van der Waals surface area contributed by atoms with Crippen molar-refractivity contribution in [3.05, 3.63) is 59.2 Å². The third-order valence-electron chi connectivity index (χ3n) is 3.27. The molecule has 0 saturated carbocycles. The van der Waals surface area contributed by atoms with Gasteiger partial charge in [0.2, 0.25) is 0 Å². The Morgan fingerprint density at radius 1 is 1.10 bits per heavy atom. The molecule has 0 heterocycles. The molecule has 4 heteroatoms. The van der Waals surface area contributed by atoms with Crippen molar-refractivity contribution in [2.24, 2.45) is 5.73 Å². The molecule has 2 N–H and O–H groups in total. The van der Waals surface area contributed by atoms with E-state index in [1.807, 2.05) is 30.3 Å². The molecule has 0 saturated heterocycles. The van der Waals surface area contributed by atoms with Gasteiger partial charge in [0.05, 0.1) is 12.7 Å². The summed E-state index contributed by atoms with van der Waals surface area (Å²) in [5.74, 6) is 1.53. The fraction of sp³-hybridized carbons (Fsp3) is 0.235. The number of thiocarbonyl (C=S) groups is 1. The Hall–Kier alpha value is -2.07. The van der Waals surface area contributed by atoms with Gasteiger partial charge in [0.25, 0.3) is 0 Å². The Morgan fingerprint density at radius 2 is 1.76 bits per heavy atom. The average molecular weight is 301 g/mol. The number of hydrogen-bond acceptors (Lipinski definition) is 3. The molecule has 3 nitrogen and oxygen atoms in total. The normalized spacial score (nSPS) is 10.2. The molecule has 2 aromatic carbocycles.